The van der Waals surface area contributed by atoms with Crippen molar-refractivity contribution in [1.82, 2.24) is 14.9 Å². The number of nitrogens with one attached hydrogen (secondary N) is 1. The Morgan fingerprint density at radius 1 is 1.26 bits per heavy atom. The number of likely N-dealkylation sites (tertiary alicyclic amines) is 1. The van der Waals surface area contributed by atoms with Crippen molar-refractivity contribution in [3.8, 4) is 0 Å². The first-order valence-electron chi connectivity index (χ1n) is 9.58. The lowest BCUT2D eigenvalue weighted by molar-refractivity contribution is -0.110. The van der Waals surface area contributed by atoms with Gasteiger partial charge in [-0.25, -0.2) is 9.97 Å². The third-order valence-electron chi connectivity index (χ3n) is 5.63. The lowest BCUT2D eigenvalue weighted by Gasteiger charge is -2.46. The van der Waals surface area contributed by atoms with Crippen LogP contribution in [0.25, 0.3) is 0 Å². The second-order valence-electron chi connectivity index (χ2n) is 7.56. The van der Waals surface area contributed by atoms with Crippen LogP contribution in [0.1, 0.15) is 47.6 Å². The van der Waals surface area contributed by atoms with E-state index in [0.29, 0.717) is 36.4 Å². The first-order chi connectivity index (χ1) is 13.0. The highest BCUT2D eigenvalue weighted by Gasteiger charge is 2.41. The van der Waals surface area contributed by atoms with Crippen LogP contribution in [0.4, 0.5) is 5.95 Å². The van der Waals surface area contributed by atoms with Gasteiger partial charge in [-0.1, -0.05) is 0 Å². The maximum atomic E-state index is 12.8. The van der Waals surface area contributed by atoms with E-state index >= 15 is 0 Å². The third kappa shape index (κ3) is 3.83. The molecule has 4 heterocycles. The zero-order valence-electron chi connectivity index (χ0n) is 15.9. The molecule has 0 aliphatic carbocycles. The topological polar surface area (TPSA) is 80.5 Å². The minimum atomic E-state index is -0.164. The number of aryl methyl sites for hydroxylation is 2. The van der Waals surface area contributed by atoms with E-state index in [-0.39, 0.29) is 11.5 Å². The van der Waals surface area contributed by atoms with Crippen LogP contribution in [0.15, 0.2) is 28.9 Å². The maximum absolute atomic E-state index is 12.8. The number of piperidine rings is 1. The molecule has 144 valence electrons. The number of carbonyl (C=O) groups is 1. The van der Waals surface area contributed by atoms with Crippen LogP contribution in [0.5, 0.6) is 0 Å². The fraction of sp³-hybridized carbons (Fsp3) is 0.550. The Hall–Kier alpha value is -2.41. The molecule has 1 spiro atoms. The predicted octanol–water partition coefficient (Wildman–Crippen LogP) is 2.95. The first-order valence-corrected chi connectivity index (χ1v) is 9.58. The van der Waals surface area contributed by atoms with Crippen LogP contribution in [-0.4, -0.2) is 52.1 Å². The number of hydrogen-bond donors (Lipinski definition) is 1. The van der Waals surface area contributed by atoms with Gasteiger partial charge in [0.05, 0.1) is 11.2 Å². The zero-order valence-corrected chi connectivity index (χ0v) is 15.9. The van der Waals surface area contributed by atoms with Crippen LogP contribution in [0, 0.1) is 13.8 Å². The minimum Gasteiger partial charge on any atom is -0.466 e. The van der Waals surface area contributed by atoms with Gasteiger partial charge in [0.25, 0.3) is 5.91 Å². The minimum absolute atomic E-state index is 0.0577. The van der Waals surface area contributed by atoms with Crippen LogP contribution in [-0.2, 0) is 4.74 Å². The number of furan rings is 1. The summed E-state index contributed by atoms with van der Waals surface area (Å²) in [6.45, 7) is 5.85. The summed E-state index contributed by atoms with van der Waals surface area (Å²) in [4.78, 5) is 23.2. The molecule has 1 N–H and O–H groups in total. The highest BCUT2D eigenvalue weighted by Crippen LogP contribution is 2.36. The van der Waals surface area contributed by atoms with Crippen molar-refractivity contribution >= 4 is 11.9 Å². The summed E-state index contributed by atoms with van der Waals surface area (Å²) < 4.78 is 11.7. The van der Waals surface area contributed by atoms with E-state index in [0.717, 1.165) is 38.1 Å². The molecule has 0 bridgehead atoms. The van der Waals surface area contributed by atoms with Crippen molar-refractivity contribution < 1.29 is 13.9 Å². The smallest absolute Gasteiger partial charge is 0.257 e. The molecule has 4 rings (SSSR count). The summed E-state index contributed by atoms with van der Waals surface area (Å²) in [6.07, 6.45) is 7.04. The van der Waals surface area contributed by atoms with Gasteiger partial charge in [-0.15, -0.1) is 0 Å². The first kappa shape index (κ1) is 18.0. The number of ether oxygens (including phenoxy) is 1. The van der Waals surface area contributed by atoms with Gasteiger partial charge in [-0.05, 0) is 51.7 Å². The van der Waals surface area contributed by atoms with Crippen molar-refractivity contribution in [3.63, 3.8) is 0 Å². The predicted molar refractivity (Wildman–Crippen MR) is 101 cm³/mol. The molecular formula is C20H26N4O3. The molecule has 0 radical (unpaired) electrons. The highest BCUT2D eigenvalue weighted by atomic mass is 16.5. The van der Waals surface area contributed by atoms with E-state index in [1.54, 1.807) is 12.4 Å². The number of aromatic nitrogens is 2. The van der Waals surface area contributed by atoms with E-state index in [4.69, 9.17) is 9.15 Å². The number of hydrogen-bond acceptors (Lipinski definition) is 6. The van der Waals surface area contributed by atoms with Gasteiger partial charge in [-0.3, -0.25) is 4.79 Å². The molecule has 7 heteroatoms. The Bertz CT molecular complexity index is 797. The molecule has 2 aliphatic rings. The van der Waals surface area contributed by atoms with Gasteiger partial charge >= 0.3 is 0 Å². The molecule has 0 saturated carbocycles. The summed E-state index contributed by atoms with van der Waals surface area (Å²) in [5, 5.41) is 3.43. The summed E-state index contributed by atoms with van der Waals surface area (Å²) in [7, 11) is 0. The largest absolute Gasteiger partial charge is 0.466 e. The Kier molecular flexibility index (Phi) is 4.86. The third-order valence-corrected chi connectivity index (χ3v) is 5.63. The number of nitrogens with zero attached hydrogens (tertiary/aromatic N) is 3. The number of amides is 1. The molecule has 27 heavy (non-hydrogen) atoms. The van der Waals surface area contributed by atoms with Gasteiger partial charge in [0.15, 0.2) is 0 Å². The Morgan fingerprint density at radius 3 is 2.67 bits per heavy atom. The highest BCUT2D eigenvalue weighted by molar-refractivity contribution is 5.95. The zero-order chi connectivity index (χ0) is 18.9. The van der Waals surface area contributed by atoms with Crippen LogP contribution < -0.4 is 5.32 Å². The van der Waals surface area contributed by atoms with E-state index in [1.807, 2.05) is 30.9 Å². The molecule has 2 aromatic heterocycles. The van der Waals surface area contributed by atoms with Crippen LogP contribution >= 0.6 is 0 Å². The lowest BCUT2D eigenvalue weighted by Crippen LogP contribution is -2.52. The maximum Gasteiger partial charge on any atom is 0.257 e. The second kappa shape index (κ2) is 7.31. The normalized spacial score (nSPS) is 22.0. The number of carbonyl (C=O) groups excluding carboxylic acids is 1. The van der Waals surface area contributed by atoms with Gasteiger partial charge in [0, 0.05) is 38.1 Å². The lowest BCUT2D eigenvalue weighted by atomic mass is 9.82. The number of rotatable bonds is 3. The van der Waals surface area contributed by atoms with Gasteiger partial charge in [-0.2, -0.15) is 0 Å². The quantitative estimate of drug-likeness (QED) is 0.895. The SMILES string of the molecule is Cc1cc(C(=O)N2CCC3(CC2)C[C@@H](Nc2ncccn2)CCO3)c(C)o1. The molecule has 0 unspecified atom stereocenters. The van der Waals surface area contributed by atoms with E-state index in [9.17, 15) is 4.79 Å². The molecule has 7 nitrogen and oxygen atoms in total. The van der Waals surface area contributed by atoms with E-state index < -0.39 is 0 Å². The number of anilines is 1. The molecule has 2 fully saturated rings. The van der Waals surface area contributed by atoms with Gasteiger partial charge in [0.1, 0.15) is 11.5 Å². The average Bonchev–Trinajstić information content (AvgIpc) is 3.01. The molecule has 2 saturated heterocycles. The fourth-order valence-electron chi connectivity index (χ4n) is 4.19. The van der Waals surface area contributed by atoms with Crippen molar-refractivity contribution in [3.05, 3.63) is 41.6 Å². The van der Waals surface area contributed by atoms with E-state index in [2.05, 4.69) is 15.3 Å². The molecular weight excluding hydrogens is 344 g/mol. The molecule has 0 aromatic carbocycles. The van der Waals surface area contributed by atoms with E-state index in [1.165, 1.54) is 0 Å². The molecule has 2 aliphatic heterocycles. The van der Waals surface area contributed by atoms with Crippen molar-refractivity contribution in [1.29, 1.82) is 0 Å². The average molecular weight is 370 g/mol. The second-order valence-corrected chi connectivity index (χ2v) is 7.56. The molecule has 1 atom stereocenters. The standard InChI is InChI=1S/C20H26N4O3/c1-14-12-17(15(2)27-14)18(25)24-9-5-20(6-10-24)13-16(4-11-26-20)23-19-21-7-3-8-22-19/h3,7-8,12,16H,4-6,9-11,13H2,1-2H3,(H,21,22,23)/t16-/m0/s1. The fourth-order valence-corrected chi connectivity index (χ4v) is 4.19. The van der Waals surface area contributed by atoms with Crippen molar-refractivity contribution in [2.45, 2.75) is 51.2 Å². The molecule has 2 aromatic rings. The van der Waals surface area contributed by atoms with Crippen LogP contribution in [0.3, 0.4) is 0 Å². The van der Waals surface area contributed by atoms with Crippen LogP contribution in [0.2, 0.25) is 0 Å². The Balaban J connectivity index is 1.37. The van der Waals surface area contributed by atoms with Crippen molar-refractivity contribution in [2.75, 3.05) is 25.0 Å². The summed E-state index contributed by atoms with van der Waals surface area (Å²) in [5.41, 5.74) is 0.511. The van der Waals surface area contributed by atoms with Gasteiger partial charge < -0.3 is 19.4 Å². The Labute approximate surface area is 159 Å². The van der Waals surface area contributed by atoms with Gasteiger partial charge in [0.2, 0.25) is 5.95 Å². The Morgan fingerprint density at radius 2 is 2.00 bits per heavy atom. The summed E-state index contributed by atoms with van der Waals surface area (Å²) in [6, 6.07) is 3.94. The van der Waals surface area contributed by atoms with Crippen molar-refractivity contribution in [2.24, 2.45) is 0 Å². The molecule has 1 amide bonds. The summed E-state index contributed by atoms with van der Waals surface area (Å²) in [5.74, 6) is 2.19. The monoisotopic (exact) mass is 370 g/mol. The summed E-state index contributed by atoms with van der Waals surface area (Å²) >= 11 is 0.